The van der Waals surface area contributed by atoms with Gasteiger partial charge >= 0.3 is 0 Å². The van der Waals surface area contributed by atoms with Gasteiger partial charge in [-0.3, -0.25) is 0 Å². The second kappa shape index (κ2) is 5.89. The summed E-state index contributed by atoms with van der Waals surface area (Å²) in [5.41, 5.74) is 1.18. The number of aliphatic hydroxyl groups is 1. The standard InChI is InChI=1S/C13H20O2/c1-10(2)13(12(14)9-15-3)11-7-5-4-6-8-11/h4-8,10,12-14H,9H2,1-3H3/t12-,13-/m0/s1. The lowest BCUT2D eigenvalue weighted by Gasteiger charge is -2.26. The van der Waals surface area contributed by atoms with Crippen LogP contribution in [0, 0.1) is 5.92 Å². The van der Waals surface area contributed by atoms with Crippen molar-refractivity contribution in [2.45, 2.75) is 25.9 Å². The third kappa shape index (κ3) is 3.33. The van der Waals surface area contributed by atoms with Crippen molar-refractivity contribution in [2.24, 2.45) is 5.92 Å². The maximum atomic E-state index is 10.0. The van der Waals surface area contributed by atoms with Crippen molar-refractivity contribution in [1.29, 1.82) is 0 Å². The number of aliphatic hydroxyl groups excluding tert-OH is 1. The van der Waals surface area contributed by atoms with Crippen LogP contribution in [-0.2, 0) is 4.74 Å². The number of benzene rings is 1. The molecule has 0 saturated heterocycles. The number of methoxy groups -OCH3 is 1. The first-order valence-corrected chi connectivity index (χ1v) is 5.38. The lowest BCUT2D eigenvalue weighted by Crippen LogP contribution is -2.27. The van der Waals surface area contributed by atoms with E-state index in [0.717, 1.165) is 0 Å². The fraction of sp³-hybridized carbons (Fsp3) is 0.538. The minimum atomic E-state index is -0.433. The highest BCUT2D eigenvalue weighted by Gasteiger charge is 2.23. The predicted molar refractivity (Wildman–Crippen MR) is 61.9 cm³/mol. The van der Waals surface area contributed by atoms with E-state index < -0.39 is 6.10 Å². The van der Waals surface area contributed by atoms with E-state index in [0.29, 0.717) is 12.5 Å². The van der Waals surface area contributed by atoms with Gasteiger partial charge in [-0.25, -0.2) is 0 Å². The Labute approximate surface area is 91.9 Å². The van der Waals surface area contributed by atoms with E-state index in [9.17, 15) is 5.11 Å². The Morgan fingerprint density at radius 2 is 1.80 bits per heavy atom. The average Bonchev–Trinajstić information content (AvgIpc) is 2.19. The first-order valence-electron chi connectivity index (χ1n) is 5.38. The number of ether oxygens (including phenoxy) is 1. The van der Waals surface area contributed by atoms with Gasteiger partial charge in [0.15, 0.2) is 0 Å². The van der Waals surface area contributed by atoms with Gasteiger partial charge in [0.25, 0.3) is 0 Å². The van der Waals surface area contributed by atoms with Gasteiger partial charge in [0.05, 0.1) is 12.7 Å². The normalized spacial score (nSPS) is 15.3. The zero-order valence-corrected chi connectivity index (χ0v) is 9.68. The van der Waals surface area contributed by atoms with E-state index in [2.05, 4.69) is 26.0 Å². The zero-order chi connectivity index (χ0) is 11.3. The first-order chi connectivity index (χ1) is 7.16. The van der Waals surface area contributed by atoms with Gasteiger partial charge in [0.1, 0.15) is 0 Å². The highest BCUT2D eigenvalue weighted by Crippen LogP contribution is 2.27. The van der Waals surface area contributed by atoms with Gasteiger partial charge in [-0.15, -0.1) is 0 Å². The Hall–Kier alpha value is -0.860. The number of rotatable bonds is 5. The average molecular weight is 208 g/mol. The Morgan fingerprint density at radius 1 is 1.20 bits per heavy atom. The van der Waals surface area contributed by atoms with Gasteiger partial charge in [-0.05, 0) is 11.5 Å². The molecule has 0 unspecified atom stereocenters. The molecule has 0 saturated carbocycles. The molecule has 2 atom stereocenters. The molecule has 0 aliphatic heterocycles. The molecule has 0 bridgehead atoms. The van der Waals surface area contributed by atoms with Crippen LogP contribution in [0.3, 0.4) is 0 Å². The molecule has 0 fully saturated rings. The minimum Gasteiger partial charge on any atom is -0.390 e. The molecule has 0 aliphatic rings. The van der Waals surface area contributed by atoms with Crippen LogP contribution in [0.1, 0.15) is 25.3 Å². The molecular formula is C13H20O2. The second-order valence-electron chi connectivity index (χ2n) is 4.20. The van der Waals surface area contributed by atoms with Crippen LogP contribution < -0.4 is 0 Å². The van der Waals surface area contributed by atoms with Gasteiger partial charge in [-0.1, -0.05) is 44.2 Å². The topological polar surface area (TPSA) is 29.5 Å². The smallest absolute Gasteiger partial charge is 0.0844 e. The van der Waals surface area contributed by atoms with Crippen LogP contribution >= 0.6 is 0 Å². The predicted octanol–water partition coefficient (Wildman–Crippen LogP) is 2.43. The molecule has 2 heteroatoms. The molecule has 84 valence electrons. The second-order valence-corrected chi connectivity index (χ2v) is 4.20. The molecule has 0 radical (unpaired) electrons. The molecular weight excluding hydrogens is 188 g/mol. The van der Waals surface area contributed by atoms with Crippen molar-refractivity contribution >= 4 is 0 Å². The third-order valence-electron chi connectivity index (χ3n) is 2.65. The molecule has 0 aromatic heterocycles. The quantitative estimate of drug-likeness (QED) is 0.805. The molecule has 1 N–H and O–H groups in total. The molecule has 0 heterocycles. The lowest BCUT2D eigenvalue weighted by molar-refractivity contribution is 0.0358. The Balaban J connectivity index is 2.83. The third-order valence-corrected chi connectivity index (χ3v) is 2.65. The number of hydrogen-bond acceptors (Lipinski definition) is 2. The van der Waals surface area contributed by atoms with E-state index in [1.54, 1.807) is 7.11 Å². The molecule has 1 rings (SSSR count). The van der Waals surface area contributed by atoms with Crippen molar-refractivity contribution in [2.75, 3.05) is 13.7 Å². The summed E-state index contributed by atoms with van der Waals surface area (Å²) >= 11 is 0. The zero-order valence-electron chi connectivity index (χ0n) is 9.68. The molecule has 15 heavy (non-hydrogen) atoms. The first kappa shape index (κ1) is 12.2. The largest absolute Gasteiger partial charge is 0.390 e. The minimum absolute atomic E-state index is 0.145. The van der Waals surface area contributed by atoms with Crippen molar-refractivity contribution < 1.29 is 9.84 Å². The van der Waals surface area contributed by atoms with E-state index in [-0.39, 0.29) is 5.92 Å². The summed E-state index contributed by atoms with van der Waals surface area (Å²) in [5, 5.41) is 10.0. The van der Waals surface area contributed by atoms with Crippen LogP contribution in [0.4, 0.5) is 0 Å². The molecule has 1 aromatic rings. The Bertz CT molecular complexity index is 269. The number of hydrogen-bond donors (Lipinski definition) is 1. The van der Waals surface area contributed by atoms with Crippen LogP contribution in [-0.4, -0.2) is 24.9 Å². The lowest BCUT2D eigenvalue weighted by atomic mass is 9.84. The fourth-order valence-corrected chi connectivity index (χ4v) is 2.00. The van der Waals surface area contributed by atoms with Crippen LogP contribution in [0.2, 0.25) is 0 Å². The highest BCUT2D eigenvalue weighted by molar-refractivity contribution is 5.21. The van der Waals surface area contributed by atoms with Crippen LogP contribution in [0.15, 0.2) is 30.3 Å². The summed E-state index contributed by atoms with van der Waals surface area (Å²) in [6.45, 7) is 4.63. The van der Waals surface area contributed by atoms with E-state index in [1.807, 2.05) is 18.2 Å². The maximum absolute atomic E-state index is 10.0. The van der Waals surface area contributed by atoms with Crippen LogP contribution in [0.5, 0.6) is 0 Å². The van der Waals surface area contributed by atoms with Crippen molar-refractivity contribution in [1.82, 2.24) is 0 Å². The summed E-state index contributed by atoms with van der Waals surface area (Å²) in [7, 11) is 1.62. The molecule has 0 spiro atoms. The van der Waals surface area contributed by atoms with E-state index in [4.69, 9.17) is 4.74 Å². The van der Waals surface area contributed by atoms with Gasteiger partial charge in [0, 0.05) is 13.0 Å². The van der Waals surface area contributed by atoms with E-state index in [1.165, 1.54) is 5.56 Å². The molecule has 0 amide bonds. The summed E-state index contributed by atoms with van der Waals surface area (Å²) in [4.78, 5) is 0. The molecule has 1 aromatic carbocycles. The van der Waals surface area contributed by atoms with Crippen molar-refractivity contribution in [3.8, 4) is 0 Å². The van der Waals surface area contributed by atoms with Crippen molar-refractivity contribution in [3.63, 3.8) is 0 Å². The monoisotopic (exact) mass is 208 g/mol. The summed E-state index contributed by atoms with van der Waals surface area (Å²) in [6.07, 6.45) is -0.433. The molecule has 2 nitrogen and oxygen atoms in total. The maximum Gasteiger partial charge on any atom is 0.0844 e. The molecule has 0 aliphatic carbocycles. The van der Waals surface area contributed by atoms with Gasteiger partial charge < -0.3 is 9.84 Å². The fourth-order valence-electron chi connectivity index (χ4n) is 2.00. The Kier molecular flexibility index (Phi) is 4.79. The van der Waals surface area contributed by atoms with Gasteiger partial charge in [0.2, 0.25) is 0 Å². The van der Waals surface area contributed by atoms with E-state index >= 15 is 0 Å². The summed E-state index contributed by atoms with van der Waals surface area (Å²) in [6, 6.07) is 10.1. The summed E-state index contributed by atoms with van der Waals surface area (Å²) in [5.74, 6) is 0.545. The SMILES string of the molecule is COC[C@H](O)[C@H](c1ccccc1)C(C)C. The summed E-state index contributed by atoms with van der Waals surface area (Å²) < 4.78 is 5.01. The Morgan fingerprint density at radius 3 is 2.27 bits per heavy atom. The van der Waals surface area contributed by atoms with Crippen LogP contribution in [0.25, 0.3) is 0 Å². The van der Waals surface area contributed by atoms with Crippen molar-refractivity contribution in [3.05, 3.63) is 35.9 Å². The van der Waals surface area contributed by atoms with Gasteiger partial charge in [-0.2, -0.15) is 0 Å². The highest BCUT2D eigenvalue weighted by atomic mass is 16.5.